The van der Waals surface area contributed by atoms with E-state index in [2.05, 4.69) is 20.4 Å². The summed E-state index contributed by atoms with van der Waals surface area (Å²) in [6.45, 7) is 0.761. The van der Waals surface area contributed by atoms with Gasteiger partial charge in [0, 0.05) is 36.6 Å². The van der Waals surface area contributed by atoms with Crippen LogP contribution in [0.15, 0.2) is 18.7 Å². The first kappa shape index (κ1) is 10.3. The number of anilines is 1. The van der Waals surface area contributed by atoms with Gasteiger partial charge in [0.1, 0.15) is 12.1 Å². The molecule has 0 radical (unpaired) electrons. The SMILES string of the molecule is Cn1cc(CNc2ncnc3c2CCC3)cn1. The number of aryl methyl sites for hydroxylation is 2. The molecule has 1 aliphatic carbocycles. The van der Waals surface area contributed by atoms with Gasteiger partial charge in [0.15, 0.2) is 0 Å². The highest BCUT2D eigenvalue weighted by Gasteiger charge is 2.16. The topological polar surface area (TPSA) is 55.6 Å². The Kier molecular flexibility index (Phi) is 2.51. The van der Waals surface area contributed by atoms with E-state index < -0.39 is 0 Å². The number of nitrogens with zero attached hydrogens (tertiary/aromatic N) is 4. The van der Waals surface area contributed by atoms with Crippen LogP contribution >= 0.6 is 0 Å². The number of rotatable bonds is 3. The summed E-state index contributed by atoms with van der Waals surface area (Å²) in [7, 11) is 1.92. The lowest BCUT2D eigenvalue weighted by Crippen LogP contribution is -2.05. The van der Waals surface area contributed by atoms with Crippen molar-refractivity contribution in [3.05, 3.63) is 35.5 Å². The molecule has 0 aromatic carbocycles. The van der Waals surface area contributed by atoms with Gasteiger partial charge in [-0.25, -0.2) is 9.97 Å². The van der Waals surface area contributed by atoms with Crippen molar-refractivity contribution in [2.45, 2.75) is 25.8 Å². The molecule has 5 heteroatoms. The average Bonchev–Trinajstić information content (AvgIpc) is 2.94. The summed E-state index contributed by atoms with van der Waals surface area (Å²) in [4.78, 5) is 8.63. The number of fused-ring (bicyclic) bond motifs is 1. The van der Waals surface area contributed by atoms with Gasteiger partial charge in [-0.2, -0.15) is 5.10 Å². The van der Waals surface area contributed by atoms with E-state index in [4.69, 9.17) is 0 Å². The first-order valence-corrected chi connectivity index (χ1v) is 5.87. The van der Waals surface area contributed by atoms with E-state index in [-0.39, 0.29) is 0 Å². The zero-order valence-corrected chi connectivity index (χ0v) is 9.85. The third-order valence-electron chi connectivity index (χ3n) is 3.09. The van der Waals surface area contributed by atoms with E-state index in [1.165, 1.54) is 17.7 Å². The Morgan fingerprint density at radius 2 is 2.29 bits per heavy atom. The minimum absolute atomic E-state index is 0.761. The van der Waals surface area contributed by atoms with Crippen LogP contribution in [0.3, 0.4) is 0 Å². The van der Waals surface area contributed by atoms with E-state index in [1.807, 2.05) is 19.4 Å². The fourth-order valence-corrected chi connectivity index (χ4v) is 2.26. The van der Waals surface area contributed by atoms with E-state index >= 15 is 0 Å². The number of hydrogen-bond donors (Lipinski definition) is 1. The first-order chi connectivity index (χ1) is 8.33. The molecule has 5 nitrogen and oxygen atoms in total. The van der Waals surface area contributed by atoms with Crippen LogP contribution in [0.1, 0.15) is 23.2 Å². The highest BCUT2D eigenvalue weighted by atomic mass is 15.2. The Bertz CT molecular complexity index is 531. The molecule has 0 atom stereocenters. The first-order valence-electron chi connectivity index (χ1n) is 5.87. The Morgan fingerprint density at radius 1 is 1.35 bits per heavy atom. The monoisotopic (exact) mass is 229 g/mol. The molecule has 0 fully saturated rings. The van der Waals surface area contributed by atoms with Crippen LogP contribution < -0.4 is 5.32 Å². The van der Waals surface area contributed by atoms with Gasteiger partial charge >= 0.3 is 0 Å². The van der Waals surface area contributed by atoms with E-state index in [9.17, 15) is 0 Å². The molecule has 0 bridgehead atoms. The minimum atomic E-state index is 0.761. The molecule has 0 saturated carbocycles. The van der Waals surface area contributed by atoms with Gasteiger partial charge in [-0.1, -0.05) is 0 Å². The number of aromatic nitrogens is 4. The number of nitrogens with one attached hydrogen (secondary N) is 1. The summed E-state index contributed by atoms with van der Waals surface area (Å²) >= 11 is 0. The van der Waals surface area contributed by atoms with Crippen molar-refractivity contribution in [1.82, 2.24) is 19.7 Å². The maximum absolute atomic E-state index is 4.32. The maximum Gasteiger partial charge on any atom is 0.133 e. The molecular weight excluding hydrogens is 214 g/mol. The fraction of sp³-hybridized carbons (Fsp3) is 0.417. The van der Waals surface area contributed by atoms with Crippen LogP contribution in [-0.2, 0) is 26.4 Å². The third kappa shape index (κ3) is 2.00. The van der Waals surface area contributed by atoms with Gasteiger partial charge in [-0.05, 0) is 19.3 Å². The summed E-state index contributed by atoms with van der Waals surface area (Å²) in [5.74, 6) is 0.983. The van der Waals surface area contributed by atoms with Crippen molar-refractivity contribution in [1.29, 1.82) is 0 Å². The van der Waals surface area contributed by atoms with Crippen LogP contribution in [0.5, 0.6) is 0 Å². The molecule has 1 aliphatic rings. The van der Waals surface area contributed by atoms with Gasteiger partial charge in [0.2, 0.25) is 0 Å². The van der Waals surface area contributed by atoms with Gasteiger partial charge in [0.05, 0.1) is 6.20 Å². The second kappa shape index (κ2) is 4.16. The fourth-order valence-electron chi connectivity index (χ4n) is 2.26. The highest BCUT2D eigenvalue weighted by Crippen LogP contribution is 2.25. The van der Waals surface area contributed by atoms with E-state index in [0.717, 1.165) is 30.8 Å². The Labute approximate surface area is 99.9 Å². The van der Waals surface area contributed by atoms with Crippen molar-refractivity contribution >= 4 is 5.82 Å². The quantitative estimate of drug-likeness (QED) is 0.862. The second-order valence-electron chi connectivity index (χ2n) is 4.38. The van der Waals surface area contributed by atoms with Gasteiger partial charge in [-0.15, -0.1) is 0 Å². The molecule has 0 unspecified atom stereocenters. The predicted molar refractivity (Wildman–Crippen MR) is 64.6 cm³/mol. The molecular formula is C12H15N5. The van der Waals surface area contributed by atoms with E-state index in [1.54, 1.807) is 11.0 Å². The molecule has 17 heavy (non-hydrogen) atoms. The predicted octanol–water partition coefficient (Wildman–Crippen LogP) is 1.31. The molecule has 2 heterocycles. The smallest absolute Gasteiger partial charge is 0.133 e. The van der Waals surface area contributed by atoms with E-state index in [0.29, 0.717) is 0 Å². The summed E-state index contributed by atoms with van der Waals surface area (Å²) in [5, 5.41) is 7.52. The summed E-state index contributed by atoms with van der Waals surface area (Å²) in [6, 6.07) is 0. The number of hydrogen-bond acceptors (Lipinski definition) is 4. The lowest BCUT2D eigenvalue weighted by atomic mass is 10.2. The Balaban J connectivity index is 1.75. The molecule has 0 aliphatic heterocycles. The molecule has 0 spiro atoms. The maximum atomic E-state index is 4.32. The zero-order valence-electron chi connectivity index (χ0n) is 9.85. The molecule has 88 valence electrons. The Morgan fingerprint density at radius 3 is 3.12 bits per heavy atom. The minimum Gasteiger partial charge on any atom is -0.366 e. The van der Waals surface area contributed by atoms with Gasteiger partial charge in [-0.3, -0.25) is 4.68 Å². The van der Waals surface area contributed by atoms with Gasteiger partial charge in [0.25, 0.3) is 0 Å². The molecule has 0 saturated heterocycles. The van der Waals surface area contributed by atoms with Crippen LogP contribution in [0.4, 0.5) is 5.82 Å². The third-order valence-corrected chi connectivity index (χ3v) is 3.09. The normalized spacial score (nSPS) is 13.7. The van der Waals surface area contributed by atoms with Crippen LogP contribution in [0.2, 0.25) is 0 Å². The van der Waals surface area contributed by atoms with Crippen LogP contribution in [0, 0.1) is 0 Å². The lowest BCUT2D eigenvalue weighted by molar-refractivity contribution is 0.767. The van der Waals surface area contributed by atoms with Crippen molar-refractivity contribution < 1.29 is 0 Å². The van der Waals surface area contributed by atoms with Crippen LogP contribution in [0.25, 0.3) is 0 Å². The lowest BCUT2D eigenvalue weighted by Gasteiger charge is -2.08. The zero-order chi connectivity index (χ0) is 11.7. The molecule has 3 rings (SSSR count). The van der Waals surface area contributed by atoms with Crippen LogP contribution in [-0.4, -0.2) is 19.7 Å². The molecule has 2 aromatic heterocycles. The summed E-state index contributed by atoms with van der Waals surface area (Å²) in [5.41, 5.74) is 3.66. The second-order valence-corrected chi connectivity index (χ2v) is 4.38. The molecule has 2 aromatic rings. The standard InChI is InChI=1S/C12H15N5/c1-17-7-9(6-16-17)5-13-12-10-3-2-4-11(10)14-8-15-12/h6-8H,2-5H2,1H3,(H,13,14,15). The highest BCUT2D eigenvalue weighted by molar-refractivity contribution is 5.48. The summed E-state index contributed by atoms with van der Waals surface area (Å²) < 4.78 is 1.81. The van der Waals surface area contributed by atoms with Crippen molar-refractivity contribution in [3.63, 3.8) is 0 Å². The Hall–Kier alpha value is -1.91. The van der Waals surface area contributed by atoms with Crippen molar-refractivity contribution in [2.24, 2.45) is 7.05 Å². The van der Waals surface area contributed by atoms with Crippen molar-refractivity contribution in [2.75, 3.05) is 5.32 Å². The molecule has 0 amide bonds. The average molecular weight is 229 g/mol. The summed E-state index contributed by atoms with van der Waals surface area (Å²) in [6.07, 6.45) is 8.89. The van der Waals surface area contributed by atoms with Gasteiger partial charge < -0.3 is 5.32 Å². The largest absolute Gasteiger partial charge is 0.366 e. The molecule has 1 N–H and O–H groups in total. The van der Waals surface area contributed by atoms with Crippen molar-refractivity contribution in [3.8, 4) is 0 Å².